The third-order valence-electron chi connectivity index (χ3n) is 4.60. The molecule has 112 valence electrons. The maximum Gasteiger partial charge on any atom is 0.248 e. The van der Waals surface area contributed by atoms with E-state index in [0.717, 1.165) is 0 Å². The molecule has 3 atom stereocenters. The summed E-state index contributed by atoms with van der Waals surface area (Å²) in [5.41, 5.74) is -1.50. The number of aliphatic hydroxyl groups is 1. The highest BCUT2D eigenvalue weighted by Crippen LogP contribution is 2.46. The Morgan fingerprint density at radius 1 is 1.43 bits per heavy atom. The van der Waals surface area contributed by atoms with Crippen LogP contribution in [0.25, 0.3) is 5.57 Å². The topological polar surface area (TPSA) is 80.4 Å². The minimum Gasteiger partial charge on any atom is -0.389 e. The zero-order chi connectivity index (χ0) is 15.7. The molecule has 0 heterocycles. The fraction of sp³-hybridized carbons (Fsp3) is 0.438. The van der Waals surface area contributed by atoms with Crippen LogP contribution in [0, 0.1) is 16.0 Å². The van der Waals surface area contributed by atoms with Crippen molar-refractivity contribution < 1.29 is 14.8 Å². The molecule has 21 heavy (non-hydrogen) atoms. The average Bonchev–Trinajstić information content (AvgIpc) is 2.47. The van der Waals surface area contributed by atoms with Crippen LogP contribution in [0.3, 0.4) is 0 Å². The Morgan fingerprint density at radius 2 is 2.05 bits per heavy atom. The van der Waals surface area contributed by atoms with Crippen LogP contribution >= 0.6 is 0 Å². The third kappa shape index (κ3) is 2.61. The Bertz CT molecular complexity index is 567. The SMILES string of the molecule is C=C(c1ccccc1)[C@@]1([N+](=O)[O-])CC[C@@](C)(O)[C@@H](C=O)C1. The van der Waals surface area contributed by atoms with Crippen LogP contribution in [-0.4, -0.2) is 27.5 Å². The lowest BCUT2D eigenvalue weighted by atomic mass is 9.65. The van der Waals surface area contributed by atoms with Gasteiger partial charge in [-0.25, -0.2) is 0 Å². The highest BCUT2D eigenvalue weighted by atomic mass is 16.6. The normalized spacial score (nSPS) is 32.4. The second kappa shape index (κ2) is 5.41. The van der Waals surface area contributed by atoms with Crippen LogP contribution in [0.2, 0.25) is 0 Å². The van der Waals surface area contributed by atoms with E-state index in [-0.39, 0.29) is 24.2 Å². The van der Waals surface area contributed by atoms with Gasteiger partial charge in [-0.2, -0.15) is 0 Å². The maximum atomic E-state index is 11.7. The summed E-state index contributed by atoms with van der Waals surface area (Å²) in [5.74, 6) is -0.767. The molecule has 1 fully saturated rings. The van der Waals surface area contributed by atoms with E-state index < -0.39 is 17.1 Å². The molecular formula is C16H19NO4. The lowest BCUT2D eigenvalue weighted by Gasteiger charge is -2.41. The number of nitro groups is 1. The number of aldehydes is 1. The van der Waals surface area contributed by atoms with Gasteiger partial charge in [0.1, 0.15) is 6.29 Å². The molecule has 1 aliphatic rings. The first-order valence-corrected chi connectivity index (χ1v) is 6.90. The van der Waals surface area contributed by atoms with Crippen LogP contribution < -0.4 is 0 Å². The van der Waals surface area contributed by atoms with Gasteiger partial charge in [-0.15, -0.1) is 0 Å². The minimum atomic E-state index is -1.39. The second-order valence-corrected chi connectivity index (χ2v) is 5.94. The largest absolute Gasteiger partial charge is 0.389 e. The fourth-order valence-electron chi connectivity index (χ4n) is 2.98. The van der Waals surface area contributed by atoms with Crippen molar-refractivity contribution >= 4 is 11.9 Å². The highest BCUT2D eigenvalue weighted by Gasteiger charge is 2.55. The summed E-state index contributed by atoms with van der Waals surface area (Å²) in [6.07, 6.45) is 0.966. The lowest BCUT2D eigenvalue weighted by molar-refractivity contribution is -0.558. The monoisotopic (exact) mass is 289 g/mol. The van der Waals surface area contributed by atoms with Gasteiger partial charge in [0.25, 0.3) is 0 Å². The molecule has 0 amide bonds. The van der Waals surface area contributed by atoms with Gasteiger partial charge in [0, 0.05) is 23.3 Å². The molecule has 0 saturated heterocycles. The van der Waals surface area contributed by atoms with Crippen molar-refractivity contribution in [2.24, 2.45) is 5.92 Å². The number of carbonyl (C=O) groups excluding carboxylic acids is 1. The number of nitrogens with zero attached hydrogens (tertiary/aromatic N) is 1. The van der Waals surface area contributed by atoms with Gasteiger partial charge in [-0.3, -0.25) is 10.1 Å². The smallest absolute Gasteiger partial charge is 0.248 e. The van der Waals surface area contributed by atoms with Gasteiger partial charge in [0.05, 0.1) is 11.5 Å². The molecule has 0 radical (unpaired) electrons. The molecule has 1 aromatic rings. The van der Waals surface area contributed by atoms with Crippen molar-refractivity contribution in [3.63, 3.8) is 0 Å². The van der Waals surface area contributed by atoms with Crippen molar-refractivity contribution in [2.75, 3.05) is 0 Å². The molecule has 1 aromatic carbocycles. The van der Waals surface area contributed by atoms with Crippen LogP contribution in [-0.2, 0) is 4.79 Å². The van der Waals surface area contributed by atoms with E-state index in [1.54, 1.807) is 31.2 Å². The average molecular weight is 289 g/mol. The maximum absolute atomic E-state index is 11.7. The van der Waals surface area contributed by atoms with Crippen molar-refractivity contribution in [3.05, 3.63) is 52.6 Å². The van der Waals surface area contributed by atoms with Crippen LogP contribution in [0.1, 0.15) is 31.7 Å². The molecule has 0 unspecified atom stereocenters. The van der Waals surface area contributed by atoms with E-state index in [9.17, 15) is 20.0 Å². The zero-order valence-corrected chi connectivity index (χ0v) is 12.0. The lowest BCUT2D eigenvalue weighted by Crippen LogP contribution is -2.52. The summed E-state index contributed by atoms with van der Waals surface area (Å²) < 4.78 is 0. The molecular weight excluding hydrogens is 270 g/mol. The second-order valence-electron chi connectivity index (χ2n) is 5.94. The first-order chi connectivity index (χ1) is 9.83. The first kappa shape index (κ1) is 15.4. The van der Waals surface area contributed by atoms with E-state index in [4.69, 9.17) is 0 Å². The van der Waals surface area contributed by atoms with Crippen molar-refractivity contribution in [3.8, 4) is 0 Å². The predicted octanol–water partition coefficient (Wildman–Crippen LogP) is 2.47. The number of benzene rings is 1. The van der Waals surface area contributed by atoms with Gasteiger partial charge in [0.2, 0.25) is 5.54 Å². The molecule has 0 aromatic heterocycles. The van der Waals surface area contributed by atoms with Gasteiger partial charge in [0.15, 0.2) is 0 Å². The number of carbonyl (C=O) groups is 1. The van der Waals surface area contributed by atoms with Crippen LogP contribution in [0.5, 0.6) is 0 Å². The summed E-state index contributed by atoms with van der Waals surface area (Å²) >= 11 is 0. The van der Waals surface area contributed by atoms with E-state index in [0.29, 0.717) is 17.4 Å². The highest BCUT2D eigenvalue weighted by molar-refractivity contribution is 5.71. The van der Waals surface area contributed by atoms with E-state index in [2.05, 4.69) is 6.58 Å². The Balaban J connectivity index is 2.41. The summed E-state index contributed by atoms with van der Waals surface area (Å²) in [6.45, 7) is 5.48. The molecule has 0 aliphatic heterocycles. The Labute approximate surface area is 123 Å². The van der Waals surface area contributed by atoms with Crippen molar-refractivity contribution in [2.45, 2.75) is 37.3 Å². The van der Waals surface area contributed by atoms with Crippen molar-refractivity contribution in [1.82, 2.24) is 0 Å². The zero-order valence-electron chi connectivity index (χ0n) is 12.0. The molecule has 1 N–H and O–H groups in total. The van der Waals surface area contributed by atoms with E-state index >= 15 is 0 Å². The summed E-state index contributed by atoms with van der Waals surface area (Å²) in [6, 6.07) is 8.97. The van der Waals surface area contributed by atoms with Crippen LogP contribution in [0.4, 0.5) is 0 Å². The molecule has 2 rings (SSSR count). The molecule has 0 spiro atoms. The predicted molar refractivity (Wildman–Crippen MR) is 79.2 cm³/mol. The quantitative estimate of drug-likeness (QED) is 0.524. The molecule has 5 nitrogen and oxygen atoms in total. The summed E-state index contributed by atoms with van der Waals surface area (Å²) in [4.78, 5) is 22.6. The minimum absolute atomic E-state index is 0.0236. The molecule has 1 saturated carbocycles. The Kier molecular flexibility index (Phi) is 3.96. The standard InChI is InChI=1S/C16H19NO4/c1-12(13-6-4-3-5-7-13)16(17(20)21)9-8-15(2,19)14(10-16)11-18/h3-7,11,14,19H,1,8-10H2,2H3/t14-,15-,16-/m1/s1. The Hall–Kier alpha value is -2.01. The molecule has 0 bridgehead atoms. The van der Waals surface area contributed by atoms with Gasteiger partial charge >= 0.3 is 0 Å². The van der Waals surface area contributed by atoms with E-state index in [1.807, 2.05) is 6.07 Å². The van der Waals surface area contributed by atoms with Gasteiger partial charge in [-0.05, 0) is 18.9 Å². The van der Waals surface area contributed by atoms with Gasteiger partial charge in [-0.1, -0.05) is 36.9 Å². The molecule has 5 heteroatoms. The van der Waals surface area contributed by atoms with Gasteiger partial charge < -0.3 is 9.90 Å². The Morgan fingerprint density at radius 3 is 2.57 bits per heavy atom. The van der Waals surface area contributed by atoms with Crippen LogP contribution in [0.15, 0.2) is 36.9 Å². The molecule has 1 aliphatic carbocycles. The fourth-order valence-corrected chi connectivity index (χ4v) is 2.98. The first-order valence-electron chi connectivity index (χ1n) is 6.90. The van der Waals surface area contributed by atoms with E-state index in [1.165, 1.54) is 0 Å². The number of hydrogen-bond donors (Lipinski definition) is 1. The number of hydrogen-bond acceptors (Lipinski definition) is 4. The summed E-state index contributed by atoms with van der Waals surface area (Å²) in [7, 11) is 0. The third-order valence-corrected chi connectivity index (χ3v) is 4.60. The summed E-state index contributed by atoms with van der Waals surface area (Å²) in [5, 5.41) is 21.9. The number of rotatable bonds is 4. The van der Waals surface area contributed by atoms with Crippen molar-refractivity contribution in [1.29, 1.82) is 0 Å².